The lowest BCUT2D eigenvalue weighted by atomic mass is 9.82. The fraction of sp³-hybridized carbons (Fsp3) is 0.600. The highest BCUT2D eigenvalue weighted by atomic mass is 16.6. The van der Waals surface area contributed by atoms with Crippen molar-refractivity contribution in [3.8, 4) is 5.75 Å². The van der Waals surface area contributed by atoms with Crippen LogP contribution >= 0.6 is 0 Å². The number of carbonyl (C=O) groups is 2. The van der Waals surface area contributed by atoms with Crippen molar-refractivity contribution in [2.24, 2.45) is 0 Å². The largest absolute Gasteiger partial charge is 0.486 e. The number of nitrogens with zero attached hydrogens (tertiary/aromatic N) is 1. The summed E-state index contributed by atoms with van der Waals surface area (Å²) in [6.45, 7) is 10.7. The molecule has 5 heteroatoms. The fourth-order valence-corrected chi connectivity index (χ4v) is 3.45. The molecule has 1 aromatic rings. The van der Waals surface area contributed by atoms with Crippen LogP contribution in [-0.4, -0.2) is 41.1 Å². The van der Waals surface area contributed by atoms with Gasteiger partial charge in [-0.1, -0.05) is 0 Å². The van der Waals surface area contributed by atoms with Crippen LogP contribution in [0, 0.1) is 13.8 Å². The van der Waals surface area contributed by atoms with Gasteiger partial charge in [-0.25, -0.2) is 4.79 Å². The van der Waals surface area contributed by atoms with Crippen molar-refractivity contribution < 1.29 is 19.1 Å². The molecule has 0 radical (unpaired) electrons. The molecule has 1 saturated heterocycles. The van der Waals surface area contributed by atoms with Gasteiger partial charge in [-0.2, -0.15) is 0 Å². The first-order valence-corrected chi connectivity index (χ1v) is 8.90. The van der Waals surface area contributed by atoms with Crippen molar-refractivity contribution in [2.75, 3.05) is 13.1 Å². The average Bonchev–Trinajstić information content (AvgIpc) is 2.48. The predicted molar refractivity (Wildman–Crippen MR) is 95.3 cm³/mol. The zero-order valence-corrected chi connectivity index (χ0v) is 15.8. The molecule has 2 aliphatic rings. The van der Waals surface area contributed by atoms with E-state index in [1.165, 1.54) is 0 Å². The minimum atomic E-state index is -0.502. The lowest BCUT2D eigenvalue weighted by Gasteiger charge is -2.44. The van der Waals surface area contributed by atoms with Crippen LogP contribution in [0.15, 0.2) is 12.1 Å². The number of ether oxygens (including phenoxy) is 2. The van der Waals surface area contributed by atoms with E-state index in [0.29, 0.717) is 43.7 Å². The SMILES string of the molecule is Cc1cc2c(cc1C)C(=O)CC1(CCN(C(=O)OC(C)(C)C)CC1)O2. The van der Waals surface area contributed by atoms with E-state index in [1.54, 1.807) is 4.90 Å². The number of amides is 1. The number of hydrogen-bond donors (Lipinski definition) is 0. The van der Waals surface area contributed by atoms with Gasteiger partial charge in [0.1, 0.15) is 17.0 Å². The molecule has 1 aromatic carbocycles. The van der Waals surface area contributed by atoms with Gasteiger partial charge in [-0.3, -0.25) is 4.79 Å². The number of carbonyl (C=O) groups excluding carboxylic acids is 2. The molecule has 136 valence electrons. The van der Waals surface area contributed by atoms with Crippen molar-refractivity contribution in [3.63, 3.8) is 0 Å². The first-order valence-electron chi connectivity index (χ1n) is 8.90. The first kappa shape index (κ1) is 17.8. The molecule has 2 heterocycles. The predicted octanol–water partition coefficient (Wildman–Crippen LogP) is 4.04. The maximum atomic E-state index is 12.6. The summed E-state index contributed by atoms with van der Waals surface area (Å²) < 4.78 is 11.7. The molecule has 1 amide bonds. The maximum absolute atomic E-state index is 12.6. The second-order valence-electron chi connectivity index (χ2n) is 8.29. The number of Topliss-reactive ketones (excluding diaryl/α,β-unsaturated/α-hetero) is 1. The quantitative estimate of drug-likeness (QED) is 0.712. The number of likely N-dealkylation sites (tertiary alicyclic amines) is 1. The van der Waals surface area contributed by atoms with Crippen LogP contribution in [0.2, 0.25) is 0 Å². The van der Waals surface area contributed by atoms with E-state index in [0.717, 1.165) is 11.1 Å². The summed E-state index contributed by atoms with van der Waals surface area (Å²) >= 11 is 0. The van der Waals surface area contributed by atoms with E-state index >= 15 is 0 Å². The Morgan fingerprint density at radius 2 is 1.76 bits per heavy atom. The van der Waals surface area contributed by atoms with E-state index < -0.39 is 11.2 Å². The molecule has 1 spiro atoms. The van der Waals surface area contributed by atoms with Gasteiger partial charge in [-0.15, -0.1) is 0 Å². The molecular weight excluding hydrogens is 318 g/mol. The number of piperidine rings is 1. The van der Waals surface area contributed by atoms with Crippen LogP contribution in [0.25, 0.3) is 0 Å². The Balaban J connectivity index is 1.72. The molecule has 0 aliphatic carbocycles. The van der Waals surface area contributed by atoms with E-state index in [1.807, 2.05) is 46.8 Å². The Morgan fingerprint density at radius 3 is 2.36 bits per heavy atom. The van der Waals surface area contributed by atoms with Crippen molar-refractivity contribution in [2.45, 2.75) is 65.1 Å². The minimum Gasteiger partial charge on any atom is -0.486 e. The molecular formula is C20H27NO4. The Labute approximate surface area is 149 Å². The lowest BCUT2D eigenvalue weighted by Crippen LogP contribution is -2.53. The van der Waals surface area contributed by atoms with Gasteiger partial charge in [0.05, 0.1) is 12.0 Å². The Morgan fingerprint density at radius 1 is 1.16 bits per heavy atom. The average molecular weight is 345 g/mol. The second-order valence-corrected chi connectivity index (χ2v) is 8.29. The molecule has 25 heavy (non-hydrogen) atoms. The molecule has 0 bridgehead atoms. The molecule has 0 saturated carbocycles. The van der Waals surface area contributed by atoms with E-state index in [9.17, 15) is 9.59 Å². The summed E-state index contributed by atoms with van der Waals surface area (Å²) in [6, 6.07) is 3.89. The van der Waals surface area contributed by atoms with Crippen LogP contribution in [0.3, 0.4) is 0 Å². The number of aryl methyl sites for hydroxylation is 2. The van der Waals surface area contributed by atoms with Crippen LogP contribution in [-0.2, 0) is 4.74 Å². The van der Waals surface area contributed by atoms with E-state index in [4.69, 9.17) is 9.47 Å². The highest BCUT2D eigenvalue weighted by Crippen LogP contribution is 2.40. The molecule has 0 N–H and O–H groups in total. The van der Waals surface area contributed by atoms with Gasteiger partial charge in [-0.05, 0) is 57.9 Å². The number of ketones is 1. The van der Waals surface area contributed by atoms with Crippen LogP contribution in [0.4, 0.5) is 4.79 Å². The molecule has 1 fully saturated rings. The first-order chi connectivity index (χ1) is 11.6. The summed E-state index contributed by atoms with van der Waals surface area (Å²) in [5.74, 6) is 0.820. The highest BCUT2D eigenvalue weighted by molar-refractivity contribution is 6.00. The number of fused-ring (bicyclic) bond motifs is 1. The summed E-state index contributed by atoms with van der Waals surface area (Å²) in [7, 11) is 0. The Hall–Kier alpha value is -2.04. The summed E-state index contributed by atoms with van der Waals surface area (Å²) in [4.78, 5) is 26.6. The van der Waals surface area contributed by atoms with E-state index in [-0.39, 0.29) is 11.9 Å². The smallest absolute Gasteiger partial charge is 0.410 e. The van der Waals surface area contributed by atoms with Gasteiger partial charge in [0.2, 0.25) is 0 Å². The second kappa shape index (κ2) is 6.04. The standard InChI is InChI=1S/C20H27NO4/c1-13-10-15-16(22)12-20(24-17(15)11-14(13)2)6-8-21(9-7-20)18(23)25-19(3,4)5/h10-11H,6-9,12H2,1-5H3. The molecule has 0 aromatic heterocycles. The van der Waals surface area contributed by atoms with Crippen LogP contribution in [0.1, 0.15) is 61.5 Å². The van der Waals surface area contributed by atoms with Crippen molar-refractivity contribution in [1.29, 1.82) is 0 Å². The van der Waals surface area contributed by atoms with Crippen molar-refractivity contribution in [3.05, 3.63) is 28.8 Å². The number of hydrogen-bond acceptors (Lipinski definition) is 4. The third-order valence-electron chi connectivity index (χ3n) is 5.03. The van der Waals surface area contributed by atoms with Crippen LogP contribution in [0.5, 0.6) is 5.75 Å². The number of rotatable bonds is 0. The molecule has 5 nitrogen and oxygen atoms in total. The van der Waals surface area contributed by atoms with Gasteiger partial charge in [0, 0.05) is 25.9 Å². The Bertz CT molecular complexity index is 709. The van der Waals surface area contributed by atoms with Gasteiger partial charge >= 0.3 is 6.09 Å². The molecule has 3 rings (SSSR count). The summed E-state index contributed by atoms with van der Waals surface area (Å²) in [6.07, 6.45) is 1.37. The fourth-order valence-electron chi connectivity index (χ4n) is 3.45. The normalized spacial score (nSPS) is 19.4. The zero-order chi connectivity index (χ0) is 18.4. The van der Waals surface area contributed by atoms with E-state index in [2.05, 4.69) is 0 Å². The monoisotopic (exact) mass is 345 g/mol. The van der Waals surface area contributed by atoms with Crippen molar-refractivity contribution in [1.82, 2.24) is 4.90 Å². The Kier molecular flexibility index (Phi) is 4.30. The lowest BCUT2D eigenvalue weighted by molar-refractivity contribution is -0.0226. The molecule has 0 unspecified atom stereocenters. The van der Waals surface area contributed by atoms with Gasteiger partial charge < -0.3 is 14.4 Å². The topological polar surface area (TPSA) is 55.8 Å². The molecule has 0 atom stereocenters. The minimum absolute atomic E-state index is 0.134. The summed E-state index contributed by atoms with van der Waals surface area (Å²) in [5, 5.41) is 0. The maximum Gasteiger partial charge on any atom is 0.410 e. The van der Waals surface area contributed by atoms with Gasteiger partial charge in [0.25, 0.3) is 0 Å². The highest BCUT2D eigenvalue weighted by Gasteiger charge is 2.44. The zero-order valence-electron chi connectivity index (χ0n) is 15.8. The van der Waals surface area contributed by atoms with Crippen LogP contribution < -0.4 is 4.74 Å². The van der Waals surface area contributed by atoms with Gasteiger partial charge in [0.15, 0.2) is 5.78 Å². The number of benzene rings is 1. The van der Waals surface area contributed by atoms with Crippen molar-refractivity contribution >= 4 is 11.9 Å². The summed E-state index contributed by atoms with van der Waals surface area (Å²) in [5.41, 5.74) is 1.91. The molecule has 2 aliphatic heterocycles. The third-order valence-corrected chi connectivity index (χ3v) is 5.03. The third kappa shape index (κ3) is 3.65.